The van der Waals surface area contributed by atoms with Crippen molar-refractivity contribution >= 4 is 22.7 Å². The van der Waals surface area contributed by atoms with Gasteiger partial charge in [0.2, 0.25) is 5.91 Å². The van der Waals surface area contributed by atoms with Gasteiger partial charge in [-0.3, -0.25) is 9.69 Å². The fourth-order valence-corrected chi connectivity index (χ4v) is 6.15. The Morgan fingerprint density at radius 3 is 2.54 bits per heavy atom. The van der Waals surface area contributed by atoms with E-state index in [0.29, 0.717) is 17.7 Å². The summed E-state index contributed by atoms with van der Waals surface area (Å²) in [7, 11) is 1.77. The molecule has 0 atom stereocenters. The molecule has 0 bridgehead atoms. The molecule has 2 aromatic rings. The van der Waals surface area contributed by atoms with Gasteiger partial charge in [-0.15, -0.1) is 0 Å². The van der Waals surface area contributed by atoms with Crippen molar-refractivity contribution in [3.05, 3.63) is 24.0 Å². The Morgan fingerprint density at radius 2 is 1.83 bits per heavy atom. The van der Waals surface area contributed by atoms with Gasteiger partial charge in [0.1, 0.15) is 5.82 Å². The van der Waals surface area contributed by atoms with Gasteiger partial charge < -0.3 is 19.5 Å². The molecule has 1 aromatic carbocycles. The quantitative estimate of drug-likeness (QED) is 0.627. The van der Waals surface area contributed by atoms with Crippen LogP contribution in [0.2, 0.25) is 0 Å². The first-order valence-electron chi connectivity index (χ1n) is 13.4. The Bertz CT molecular complexity index is 974. The third kappa shape index (κ3) is 5.97. The number of rotatable bonds is 7. The Balaban J connectivity index is 0.998. The molecule has 0 unspecified atom stereocenters. The number of methoxy groups -OCH3 is 1. The molecule has 35 heavy (non-hydrogen) atoms. The minimum absolute atomic E-state index is 0.173. The van der Waals surface area contributed by atoms with E-state index in [0.717, 1.165) is 88.4 Å². The Kier molecular flexibility index (Phi) is 7.88. The van der Waals surface area contributed by atoms with E-state index in [1.165, 1.54) is 31.4 Å². The summed E-state index contributed by atoms with van der Waals surface area (Å²) in [6.45, 7) is 4.85. The summed E-state index contributed by atoms with van der Waals surface area (Å²) < 4.78 is 24.5. The van der Waals surface area contributed by atoms with Crippen molar-refractivity contribution in [2.24, 2.45) is 11.8 Å². The zero-order valence-corrected chi connectivity index (χ0v) is 20.9. The third-order valence-electron chi connectivity index (χ3n) is 8.51. The third-order valence-corrected chi connectivity index (χ3v) is 8.51. The van der Waals surface area contributed by atoms with E-state index in [4.69, 9.17) is 9.26 Å². The normalized spacial score (nSPS) is 28.3. The smallest absolute Gasteiger partial charge is 0.223 e. The number of carbonyl (C=O) groups excluding carboxylic acids is 1. The number of fused-ring (bicyclic) bond motifs is 1. The molecule has 1 saturated heterocycles. The molecule has 1 aromatic heterocycles. The number of carbonyl (C=O) groups is 1. The van der Waals surface area contributed by atoms with Gasteiger partial charge in [-0.2, -0.15) is 0 Å². The van der Waals surface area contributed by atoms with Crippen LogP contribution >= 0.6 is 0 Å². The highest BCUT2D eigenvalue weighted by Crippen LogP contribution is 2.31. The molecule has 2 heterocycles. The molecule has 8 heteroatoms. The topological polar surface area (TPSA) is 70.8 Å². The van der Waals surface area contributed by atoms with Gasteiger partial charge >= 0.3 is 0 Å². The monoisotopic (exact) mass is 486 g/mol. The lowest BCUT2D eigenvalue weighted by Gasteiger charge is -2.36. The molecule has 1 aliphatic heterocycles. The summed E-state index contributed by atoms with van der Waals surface area (Å²) in [4.78, 5) is 17.4. The van der Waals surface area contributed by atoms with E-state index in [9.17, 15) is 9.18 Å². The zero-order valence-electron chi connectivity index (χ0n) is 20.9. The van der Waals surface area contributed by atoms with Crippen LogP contribution in [0.3, 0.4) is 0 Å². The number of hydrogen-bond acceptors (Lipinski definition) is 6. The Labute approximate surface area is 207 Å². The van der Waals surface area contributed by atoms with Gasteiger partial charge in [0, 0.05) is 45.2 Å². The number of halogens is 1. The molecule has 3 aliphatic rings. The predicted molar refractivity (Wildman–Crippen MR) is 134 cm³/mol. The first-order chi connectivity index (χ1) is 17.1. The molecule has 2 aliphatic carbocycles. The molecular formula is C27H39FN4O3. The van der Waals surface area contributed by atoms with Crippen LogP contribution in [-0.4, -0.2) is 67.9 Å². The van der Waals surface area contributed by atoms with Crippen LogP contribution in [0, 0.1) is 17.7 Å². The van der Waals surface area contributed by atoms with Crippen molar-refractivity contribution in [2.45, 2.75) is 69.9 Å². The van der Waals surface area contributed by atoms with Crippen LogP contribution in [0.1, 0.15) is 57.8 Å². The van der Waals surface area contributed by atoms with Crippen LogP contribution in [0.4, 0.5) is 10.2 Å². The summed E-state index contributed by atoms with van der Waals surface area (Å²) in [5.41, 5.74) is 0.633. The number of nitrogens with zero attached hydrogens (tertiary/aromatic N) is 3. The maximum absolute atomic E-state index is 13.7. The van der Waals surface area contributed by atoms with Gasteiger partial charge in [-0.05, 0) is 88.4 Å². The lowest BCUT2D eigenvalue weighted by atomic mass is 9.83. The van der Waals surface area contributed by atoms with Gasteiger partial charge in [-0.1, -0.05) is 5.16 Å². The van der Waals surface area contributed by atoms with Crippen molar-refractivity contribution in [1.29, 1.82) is 0 Å². The number of aromatic nitrogens is 1. The fraction of sp³-hybridized carbons (Fsp3) is 0.704. The fourth-order valence-electron chi connectivity index (χ4n) is 6.15. The molecule has 0 spiro atoms. The van der Waals surface area contributed by atoms with E-state index < -0.39 is 0 Å². The predicted octanol–water partition coefficient (Wildman–Crippen LogP) is 4.36. The first-order valence-corrected chi connectivity index (χ1v) is 13.4. The van der Waals surface area contributed by atoms with Gasteiger partial charge in [0.25, 0.3) is 0 Å². The number of ether oxygens (including phenoxy) is 1. The maximum atomic E-state index is 13.7. The number of amides is 1. The molecule has 2 saturated carbocycles. The highest BCUT2D eigenvalue weighted by Gasteiger charge is 2.29. The van der Waals surface area contributed by atoms with Crippen LogP contribution in [0.15, 0.2) is 22.7 Å². The van der Waals surface area contributed by atoms with E-state index in [1.807, 2.05) is 0 Å². The molecular weight excluding hydrogens is 447 g/mol. The second kappa shape index (κ2) is 11.2. The number of nitrogens with one attached hydrogen (secondary N) is 1. The number of piperazine rings is 1. The van der Waals surface area contributed by atoms with Crippen molar-refractivity contribution in [3.63, 3.8) is 0 Å². The van der Waals surface area contributed by atoms with Crippen LogP contribution < -0.4 is 10.2 Å². The maximum Gasteiger partial charge on any atom is 0.223 e. The highest BCUT2D eigenvalue weighted by atomic mass is 19.1. The van der Waals surface area contributed by atoms with E-state index in [2.05, 4.69) is 20.3 Å². The lowest BCUT2D eigenvalue weighted by Crippen LogP contribution is -2.47. The molecule has 1 amide bonds. The zero-order chi connectivity index (χ0) is 24.2. The van der Waals surface area contributed by atoms with E-state index >= 15 is 0 Å². The summed E-state index contributed by atoms with van der Waals surface area (Å²) in [5.74, 6) is 1.69. The van der Waals surface area contributed by atoms with Crippen LogP contribution in [-0.2, 0) is 9.53 Å². The summed E-state index contributed by atoms with van der Waals surface area (Å²) in [6, 6.07) is 4.91. The number of anilines is 1. The summed E-state index contributed by atoms with van der Waals surface area (Å²) in [6.07, 6.45) is 10.1. The standard InChI is InChI=1S/C27H39FN4O3/c1-34-23-9-4-20(5-10-23)27(33)29-22-7-2-19(3-8-22)12-13-31-14-16-32(17-15-31)26-24-18-21(28)6-11-25(24)35-30-26/h6,11,18-20,22-23H,2-5,7-10,12-17H2,1H3,(H,29,33). The average Bonchev–Trinajstić information content (AvgIpc) is 3.31. The molecule has 3 fully saturated rings. The second-order valence-corrected chi connectivity index (χ2v) is 10.7. The molecule has 7 nitrogen and oxygen atoms in total. The molecule has 192 valence electrons. The van der Waals surface area contributed by atoms with Gasteiger partial charge in [0.05, 0.1) is 11.5 Å². The van der Waals surface area contributed by atoms with Crippen LogP contribution in [0.5, 0.6) is 0 Å². The largest absolute Gasteiger partial charge is 0.381 e. The minimum Gasteiger partial charge on any atom is -0.381 e. The Morgan fingerprint density at radius 1 is 1.09 bits per heavy atom. The van der Waals surface area contributed by atoms with Gasteiger partial charge in [0.15, 0.2) is 11.4 Å². The van der Waals surface area contributed by atoms with Gasteiger partial charge in [-0.25, -0.2) is 4.39 Å². The molecule has 5 rings (SSSR count). The summed E-state index contributed by atoms with van der Waals surface area (Å²) in [5, 5.41) is 8.30. The SMILES string of the molecule is COC1CCC(C(=O)NC2CCC(CCN3CCN(c4noc5ccc(F)cc45)CC3)CC2)CC1. The molecule has 0 radical (unpaired) electrons. The lowest BCUT2D eigenvalue weighted by molar-refractivity contribution is -0.127. The first kappa shape index (κ1) is 24.5. The number of benzene rings is 1. The second-order valence-electron chi connectivity index (χ2n) is 10.7. The van der Waals surface area contributed by atoms with E-state index in [-0.39, 0.29) is 17.6 Å². The van der Waals surface area contributed by atoms with Crippen molar-refractivity contribution in [2.75, 3.05) is 44.7 Å². The minimum atomic E-state index is -0.260. The highest BCUT2D eigenvalue weighted by molar-refractivity contribution is 5.88. The van der Waals surface area contributed by atoms with Crippen molar-refractivity contribution in [3.8, 4) is 0 Å². The van der Waals surface area contributed by atoms with Crippen molar-refractivity contribution in [1.82, 2.24) is 15.4 Å². The summed E-state index contributed by atoms with van der Waals surface area (Å²) >= 11 is 0. The Hall–Kier alpha value is -2.19. The van der Waals surface area contributed by atoms with Crippen molar-refractivity contribution < 1.29 is 18.4 Å². The van der Waals surface area contributed by atoms with Crippen LogP contribution in [0.25, 0.3) is 11.0 Å². The van der Waals surface area contributed by atoms with E-state index in [1.54, 1.807) is 13.2 Å². The average molecular weight is 487 g/mol. The molecule has 1 N–H and O–H groups in total. The number of hydrogen-bond donors (Lipinski definition) is 1.